The van der Waals surface area contributed by atoms with E-state index in [1.807, 2.05) is 30.3 Å². The number of aromatic nitrogens is 6. The van der Waals surface area contributed by atoms with E-state index in [-0.39, 0.29) is 11.5 Å². The molecule has 5 rings (SSSR count). The Bertz CT molecular complexity index is 1680. The number of ether oxygens (including phenoxy) is 2. The summed E-state index contributed by atoms with van der Waals surface area (Å²) in [5.41, 5.74) is 2.12. The maximum Gasteiger partial charge on any atom is 0.263 e. The summed E-state index contributed by atoms with van der Waals surface area (Å²) < 4.78 is 13.5. The lowest BCUT2D eigenvalue weighted by molar-refractivity contribution is -0.111. The quantitative estimate of drug-likeness (QED) is 0.330. The molecule has 0 aliphatic rings. The molecule has 5 aromatic rings. The van der Waals surface area contributed by atoms with Crippen LogP contribution in [0.2, 0.25) is 0 Å². The van der Waals surface area contributed by atoms with E-state index in [1.54, 1.807) is 56.2 Å². The molecule has 3 aromatic heterocycles. The van der Waals surface area contributed by atoms with E-state index in [0.29, 0.717) is 34.0 Å². The smallest absolute Gasteiger partial charge is 0.263 e. The summed E-state index contributed by atoms with van der Waals surface area (Å²) in [6.45, 7) is 1.77. The third-order valence-corrected chi connectivity index (χ3v) is 5.54. The number of rotatable bonds is 7. The lowest BCUT2D eigenvalue weighted by atomic mass is 10.2. The molecule has 0 atom stereocenters. The second-order valence-electron chi connectivity index (χ2n) is 8.04. The topological polar surface area (TPSA) is 129 Å². The fraction of sp³-hybridized carbons (Fsp3) is 0.115. The molecule has 0 aliphatic carbocycles. The molecule has 2 aromatic carbocycles. The second kappa shape index (κ2) is 9.82. The van der Waals surface area contributed by atoms with Crippen LogP contribution in [0.15, 0.2) is 71.7 Å². The van der Waals surface area contributed by atoms with Crippen LogP contribution >= 0.6 is 0 Å². The van der Waals surface area contributed by atoms with Crippen LogP contribution in [-0.4, -0.2) is 49.7 Å². The number of fused-ring (bicyclic) bond motifs is 1. The molecule has 0 spiro atoms. The van der Waals surface area contributed by atoms with Crippen LogP contribution in [0, 0.1) is 6.92 Å². The molecule has 0 radical (unpaired) electrons. The first-order valence-corrected chi connectivity index (χ1v) is 11.3. The number of nitrogens with one attached hydrogen (secondary N) is 2. The Morgan fingerprint density at radius 1 is 1.03 bits per heavy atom. The standard InChI is InChI=1S/C26H23N7O4/c1-16-13-22(28-23(34)12-10-17-9-11-20(36-2)21(14-17)37-3)33(31-16)26-29-24-19(25(35)30-26)15-27-32(24)18-7-5-4-6-8-18/h4-15H,1-3H3,(H,28,34)(H,29,30,35)/b12-10+. The van der Waals surface area contributed by atoms with Gasteiger partial charge in [0, 0.05) is 12.1 Å². The van der Waals surface area contributed by atoms with Gasteiger partial charge < -0.3 is 14.8 Å². The maximum atomic E-state index is 12.8. The average Bonchev–Trinajstić information content (AvgIpc) is 3.51. The lowest BCUT2D eigenvalue weighted by Crippen LogP contribution is -2.18. The molecule has 0 saturated heterocycles. The van der Waals surface area contributed by atoms with Gasteiger partial charge in [-0.2, -0.15) is 19.9 Å². The summed E-state index contributed by atoms with van der Waals surface area (Å²) in [5.74, 6) is 1.23. The highest BCUT2D eigenvalue weighted by molar-refractivity contribution is 6.01. The van der Waals surface area contributed by atoms with Gasteiger partial charge in [0.15, 0.2) is 17.1 Å². The van der Waals surface area contributed by atoms with E-state index in [0.717, 1.165) is 11.3 Å². The van der Waals surface area contributed by atoms with Gasteiger partial charge >= 0.3 is 0 Å². The molecular weight excluding hydrogens is 474 g/mol. The van der Waals surface area contributed by atoms with Gasteiger partial charge in [-0.15, -0.1) is 0 Å². The summed E-state index contributed by atoms with van der Waals surface area (Å²) in [5, 5.41) is 11.9. The Morgan fingerprint density at radius 2 is 1.81 bits per heavy atom. The van der Waals surface area contributed by atoms with Crippen molar-refractivity contribution >= 4 is 28.8 Å². The number of carbonyl (C=O) groups excluding carboxylic acids is 1. The molecule has 0 fully saturated rings. The first-order valence-electron chi connectivity index (χ1n) is 11.3. The number of hydrogen-bond donors (Lipinski definition) is 2. The third-order valence-electron chi connectivity index (χ3n) is 5.54. The molecule has 0 aliphatic heterocycles. The Labute approximate surface area is 211 Å². The molecule has 0 saturated carbocycles. The monoisotopic (exact) mass is 497 g/mol. The van der Waals surface area contributed by atoms with E-state index in [4.69, 9.17) is 9.47 Å². The molecular formula is C26H23N7O4. The predicted molar refractivity (Wildman–Crippen MR) is 139 cm³/mol. The fourth-order valence-electron chi connectivity index (χ4n) is 3.81. The molecule has 0 bridgehead atoms. The number of amides is 1. The SMILES string of the molecule is COc1ccc(/C=C/C(=O)Nc2cc(C)nn2-c2nc3c(cnn3-c3ccccc3)c(=O)[nH]2)cc1OC. The van der Waals surface area contributed by atoms with Crippen LogP contribution < -0.4 is 20.3 Å². The number of aromatic amines is 1. The molecule has 186 valence electrons. The van der Waals surface area contributed by atoms with Crippen molar-refractivity contribution in [2.45, 2.75) is 6.92 Å². The number of hydrogen-bond acceptors (Lipinski definition) is 7. The van der Waals surface area contributed by atoms with Gasteiger partial charge in [-0.1, -0.05) is 24.3 Å². The highest BCUT2D eigenvalue weighted by Gasteiger charge is 2.16. The van der Waals surface area contributed by atoms with Crippen molar-refractivity contribution in [2.75, 3.05) is 19.5 Å². The molecule has 3 heterocycles. The van der Waals surface area contributed by atoms with Gasteiger partial charge in [0.05, 0.1) is 31.8 Å². The number of benzene rings is 2. The highest BCUT2D eigenvalue weighted by Crippen LogP contribution is 2.28. The predicted octanol–water partition coefficient (Wildman–Crippen LogP) is 3.27. The summed E-state index contributed by atoms with van der Waals surface area (Å²) >= 11 is 0. The molecule has 2 N–H and O–H groups in total. The van der Waals surface area contributed by atoms with Gasteiger partial charge in [0.25, 0.3) is 5.56 Å². The zero-order chi connectivity index (χ0) is 25.9. The van der Waals surface area contributed by atoms with Gasteiger partial charge in [0.1, 0.15) is 11.2 Å². The number of H-pyrrole nitrogens is 1. The fourth-order valence-corrected chi connectivity index (χ4v) is 3.81. The lowest BCUT2D eigenvalue weighted by Gasteiger charge is -2.08. The van der Waals surface area contributed by atoms with E-state index < -0.39 is 5.91 Å². The summed E-state index contributed by atoms with van der Waals surface area (Å²) in [4.78, 5) is 32.9. The van der Waals surface area contributed by atoms with Crippen molar-refractivity contribution in [1.82, 2.24) is 29.5 Å². The average molecular weight is 498 g/mol. The van der Waals surface area contributed by atoms with Gasteiger partial charge in [-0.25, -0.2) is 4.68 Å². The van der Waals surface area contributed by atoms with E-state index in [9.17, 15) is 9.59 Å². The molecule has 0 unspecified atom stereocenters. The van der Waals surface area contributed by atoms with E-state index >= 15 is 0 Å². The number of nitrogens with zero attached hydrogens (tertiary/aromatic N) is 5. The summed E-state index contributed by atoms with van der Waals surface area (Å²) in [7, 11) is 3.10. The normalized spacial score (nSPS) is 11.2. The Hall–Kier alpha value is -5.19. The van der Waals surface area contributed by atoms with Crippen LogP contribution in [-0.2, 0) is 4.79 Å². The van der Waals surface area contributed by atoms with Gasteiger partial charge in [-0.05, 0) is 42.8 Å². The molecule has 11 heteroatoms. The highest BCUT2D eigenvalue weighted by atomic mass is 16.5. The maximum absolute atomic E-state index is 12.8. The second-order valence-corrected chi connectivity index (χ2v) is 8.04. The first kappa shape index (κ1) is 23.5. The van der Waals surface area contributed by atoms with Crippen molar-refractivity contribution in [2.24, 2.45) is 0 Å². The Balaban J connectivity index is 1.45. The minimum Gasteiger partial charge on any atom is -0.493 e. The van der Waals surface area contributed by atoms with Crippen LogP contribution in [0.3, 0.4) is 0 Å². The van der Waals surface area contributed by atoms with Gasteiger partial charge in [0.2, 0.25) is 11.9 Å². The zero-order valence-corrected chi connectivity index (χ0v) is 20.3. The third kappa shape index (κ3) is 4.69. The van der Waals surface area contributed by atoms with Crippen molar-refractivity contribution < 1.29 is 14.3 Å². The number of para-hydroxylation sites is 1. The number of methoxy groups -OCH3 is 2. The van der Waals surface area contributed by atoms with E-state index in [2.05, 4.69) is 25.5 Å². The van der Waals surface area contributed by atoms with E-state index in [1.165, 1.54) is 17.0 Å². The summed E-state index contributed by atoms with van der Waals surface area (Å²) in [6, 6.07) is 16.4. The van der Waals surface area contributed by atoms with Crippen LogP contribution in [0.5, 0.6) is 11.5 Å². The molecule has 11 nitrogen and oxygen atoms in total. The Morgan fingerprint density at radius 3 is 2.57 bits per heavy atom. The number of anilines is 1. The minimum absolute atomic E-state index is 0.141. The Kier molecular flexibility index (Phi) is 6.25. The van der Waals surface area contributed by atoms with Gasteiger partial charge in [-0.3, -0.25) is 14.6 Å². The van der Waals surface area contributed by atoms with Crippen LogP contribution in [0.4, 0.5) is 5.82 Å². The summed E-state index contributed by atoms with van der Waals surface area (Å²) in [6.07, 6.45) is 4.50. The van der Waals surface area contributed by atoms with Crippen molar-refractivity contribution in [1.29, 1.82) is 0 Å². The van der Waals surface area contributed by atoms with Crippen molar-refractivity contribution in [3.05, 3.63) is 88.5 Å². The van der Waals surface area contributed by atoms with Crippen LogP contribution in [0.25, 0.3) is 28.7 Å². The largest absolute Gasteiger partial charge is 0.493 e. The molecule has 37 heavy (non-hydrogen) atoms. The molecule has 1 amide bonds. The van der Waals surface area contributed by atoms with Crippen molar-refractivity contribution in [3.63, 3.8) is 0 Å². The number of aryl methyl sites for hydroxylation is 1. The van der Waals surface area contributed by atoms with Crippen molar-refractivity contribution in [3.8, 4) is 23.1 Å². The first-order chi connectivity index (χ1) is 18.0. The zero-order valence-electron chi connectivity index (χ0n) is 20.3. The number of carbonyl (C=O) groups is 1. The van der Waals surface area contributed by atoms with Crippen LogP contribution in [0.1, 0.15) is 11.3 Å². The minimum atomic E-state index is -0.395.